The van der Waals surface area contributed by atoms with Gasteiger partial charge in [-0.2, -0.15) is 0 Å². The second kappa shape index (κ2) is 7.19. The highest BCUT2D eigenvalue weighted by molar-refractivity contribution is 5.98. The SMILES string of the molecule is Cc1cc(F)cc2[nH]c(C(=O)NCCCOCCO)cc12. The molecule has 0 bridgehead atoms. The third kappa shape index (κ3) is 4.03. The number of fused-ring (bicyclic) bond motifs is 1. The molecule has 0 fully saturated rings. The van der Waals surface area contributed by atoms with Crippen molar-refractivity contribution in [3.63, 3.8) is 0 Å². The number of carbonyl (C=O) groups is 1. The molecule has 0 unspecified atom stereocenters. The fourth-order valence-corrected chi connectivity index (χ4v) is 2.14. The molecule has 2 aromatic rings. The molecule has 0 atom stereocenters. The summed E-state index contributed by atoms with van der Waals surface area (Å²) in [6.07, 6.45) is 0.666. The number of ether oxygens (including phenoxy) is 1. The highest BCUT2D eigenvalue weighted by atomic mass is 19.1. The molecule has 1 aromatic carbocycles. The summed E-state index contributed by atoms with van der Waals surface area (Å²) in [6.45, 7) is 3.07. The second-order valence-electron chi connectivity index (χ2n) is 4.81. The molecule has 0 aliphatic rings. The van der Waals surface area contributed by atoms with Gasteiger partial charge in [0.25, 0.3) is 5.91 Å². The van der Waals surface area contributed by atoms with E-state index in [1.54, 1.807) is 13.0 Å². The van der Waals surface area contributed by atoms with E-state index in [9.17, 15) is 9.18 Å². The Hall–Kier alpha value is -1.92. The van der Waals surface area contributed by atoms with Gasteiger partial charge in [-0.25, -0.2) is 4.39 Å². The molecule has 0 aliphatic heterocycles. The Morgan fingerprint density at radius 3 is 2.95 bits per heavy atom. The van der Waals surface area contributed by atoms with Crippen LogP contribution in [0.15, 0.2) is 18.2 Å². The van der Waals surface area contributed by atoms with E-state index in [4.69, 9.17) is 9.84 Å². The number of nitrogens with one attached hydrogen (secondary N) is 2. The van der Waals surface area contributed by atoms with Gasteiger partial charge in [0.05, 0.1) is 13.2 Å². The maximum atomic E-state index is 13.3. The van der Waals surface area contributed by atoms with Gasteiger partial charge < -0.3 is 20.1 Å². The normalized spacial score (nSPS) is 11.0. The second-order valence-corrected chi connectivity index (χ2v) is 4.81. The van der Waals surface area contributed by atoms with Crippen LogP contribution in [-0.2, 0) is 4.74 Å². The largest absolute Gasteiger partial charge is 0.394 e. The third-order valence-corrected chi connectivity index (χ3v) is 3.14. The summed E-state index contributed by atoms with van der Waals surface area (Å²) < 4.78 is 18.4. The summed E-state index contributed by atoms with van der Waals surface area (Å²) in [5.74, 6) is -0.553. The molecule has 0 spiro atoms. The zero-order valence-electron chi connectivity index (χ0n) is 11.9. The number of aromatic amines is 1. The minimum atomic E-state index is -0.324. The van der Waals surface area contributed by atoms with Crippen molar-refractivity contribution >= 4 is 16.8 Å². The van der Waals surface area contributed by atoms with Crippen molar-refractivity contribution in [3.8, 4) is 0 Å². The van der Waals surface area contributed by atoms with Gasteiger partial charge in [-0.1, -0.05) is 0 Å². The highest BCUT2D eigenvalue weighted by Crippen LogP contribution is 2.21. The summed E-state index contributed by atoms with van der Waals surface area (Å²) in [6, 6.07) is 4.54. The van der Waals surface area contributed by atoms with E-state index in [0.29, 0.717) is 37.4 Å². The zero-order valence-corrected chi connectivity index (χ0v) is 11.9. The van der Waals surface area contributed by atoms with Crippen LogP contribution in [0.5, 0.6) is 0 Å². The van der Waals surface area contributed by atoms with E-state index in [-0.39, 0.29) is 18.3 Å². The maximum absolute atomic E-state index is 13.3. The monoisotopic (exact) mass is 294 g/mol. The predicted octanol–water partition coefficient (Wildman–Crippen LogP) is 1.74. The maximum Gasteiger partial charge on any atom is 0.267 e. The smallest absolute Gasteiger partial charge is 0.267 e. The fraction of sp³-hybridized carbons (Fsp3) is 0.400. The number of rotatable bonds is 7. The van der Waals surface area contributed by atoms with Crippen molar-refractivity contribution in [3.05, 3.63) is 35.3 Å². The number of benzene rings is 1. The fourth-order valence-electron chi connectivity index (χ4n) is 2.14. The number of amides is 1. The number of carbonyl (C=O) groups excluding carboxylic acids is 1. The molecule has 114 valence electrons. The molecular formula is C15H19FN2O3. The number of aliphatic hydroxyl groups excluding tert-OH is 1. The molecule has 1 heterocycles. The molecule has 5 nitrogen and oxygen atoms in total. The number of aliphatic hydroxyl groups is 1. The van der Waals surface area contributed by atoms with E-state index >= 15 is 0 Å². The van der Waals surface area contributed by atoms with Gasteiger partial charge in [0.1, 0.15) is 11.5 Å². The van der Waals surface area contributed by atoms with Crippen LogP contribution in [0.4, 0.5) is 4.39 Å². The van der Waals surface area contributed by atoms with Crippen molar-refractivity contribution in [2.45, 2.75) is 13.3 Å². The summed E-state index contributed by atoms with van der Waals surface area (Å²) in [4.78, 5) is 14.9. The molecule has 1 amide bonds. The molecule has 3 N–H and O–H groups in total. The van der Waals surface area contributed by atoms with Crippen LogP contribution in [0, 0.1) is 12.7 Å². The minimum Gasteiger partial charge on any atom is -0.394 e. The van der Waals surface area contributed by atoms with E-state index < -0.39 is 0 Å². The Labute approximate surface area is 122 Å². The molecule has 2 rings (SSSR count). The van der Waals surface area contributed by atoms with Crippen LogP contribution in [0.3, 0.4) is 0 Å². The van der Waals surface area contributed by atoms with Crippen molar-refractivity contribution < 1.29 is 19.0 Å². The van der Waals surface area contributed by atoms with Gasteiger partial charge in [0.2, 0.25) is 0 Å². The molecule has 0 saturated heterocycles. The summed E-state index contributed by atoms with van der Waals surface area (Å²) in [5.41, 5.74) is 1.82. The van der Waals surface area contributed by atoms with Crippen LogP contribution < -0.4 is 5.32 Å². The number of aryl methyl sites for hydroxylation is 1. The molecule has 0 radical (unpaired) electrons. The zero-order chi connectivity index (χ0) is 15.2. The average Bonchev–Trinajstić information content (AvgIpc) is 2.86. The van der Waals surface area contributed by atoms with E-state index in [1.165, 1.54) is 12.1 Å². The first kappa shape index (κ1) is 15.5. The lowest BCUT2D eigenvalue weighted by Gasteiger charge is -2.04. The van der Waals surface area contributed by atoms with Gasteiger partial charge >= 0.3 is 0 Å². The van der Waals surface area contributed by atoms with Gasteiger partial charge in [0, 0.05) is 24.1 Å². The minimum absolute atomic E-state index is 0.00264. The first-order chi connectivity index (χ1) is 10.1. The van der Waals surface area contributed by atoms with E-state index in [1.807, 2.05) is 0 Å². The molecule has 0 saturated carbocycles. The first-order valence-electron chi connectivity index (χ1n) is 6.87. The number of aromatic nitrogens is 1. The summed E-state index contributed by atoms with van der Waals surface area (Å²) >= 11 is 0. The van der Waals surface area contributed by atoms with Crippen LogP contribution in [0.1, 0.15) is 22.5 Å². The Bertz CT molecular complexity index is 625. The third-order valence-electron chi connectivity index (χ3n) is 3.14. The van der Waals surface area contributed by atoms with Crippen LogP contribution >= 0.6 is 0 Å². The van der Waals surface area contributed by atoms with E-state index in [0.717, 1.165) is 10.9 Å². The average molecular weight is 294 g/mol. The Balaban J connectivity index is 1.92. The van der Waals surface area contributed by atoms with Gasteiger partial charge in [-0.05, 0) is 37.1 Å². The van der Waals surface area contributed by atoms with Crippen LogP contribution in [0.2, 0.25) is 0 Å². The Morgan fingerprint density at radius 1 is 1.38 bits per heavy atom. The number of hydrogen-bond donors (Lipinski definition) is 3. The van der Waals surface area contributed by atoms with Gasteiger partial charge in [-0.3, -0.25) is 4.79 Å². The van der Waals surface area contributed by atoms with Crippen molar-refractivity contribution in [2.75, 3.05) is 26.4 Å². The lowest BCUT2D eigenvalue weighted by atomic mass is 10.1. The number of halogens is 1. The molecule has 21 heavy (non-hydrogen) atoms. The highest BCUT2D eigenvalue weighted by Gasteiger charge is 2.11. The van der Waals surface area contributed by atoms with Crippen LogP contribution in [-0.4, -0.2) is 42.4 Å². The molecule has 0 aliphatic carbocycles. The predicted molar refractivity (Wildman–Crippen MR) is 77.8 cm³/mol. The standard InChI is InChI=1S/C15H19FN2O3/c1-10-7-11(16)8-13-12(10)9-14(18-13)15(20)17-3-2-5-21-6-4-19/h7-9,18-19H,2-6H2,1H3,(H,17,20). The molecule has 1 aromatic heterocycles. The quantitative estimate of drug-likeness (QED) is 0.681. The molecule has 6 heteroatoms. The lowest BCUT2D eigenvalue weighted by molar-refractivity contribution is 0.0866. The summed E-state index contributed by atoms with van der Waals surface area (Å²) in [5, 5.41) is 12.2. The van der Waals surface area contributed by atoms with Crippen molar-refractivity contribution in [1.29, 1.82) is 0 Å². The van der Waals surface area contributed by atoms with Crippen molar-refractivity contribution in [2.24, 2.45) is 0 Å². The van der Waals surface area contributed by atoms with Gasteiger partial charge in [0.15, 0.2) is 0 Å². The van der Waals surface area contributed by atoms with Crippen molar-refractivity contribution in [1.82, 2.24) is 10.3 Å². The molecular weight excluding hydrogens is 275 g/mol. The number of hydrogen-bond acceptors (Lipinski definition) is 3. The number of H-pyrrole nitrogens is 1. The lowest BCUT2D eigenvalue weighted by Crippen LogP contribution is -2.25. The Kier molecular flexibility index (Phi) is 5.30. The van der Waals surface area contributed by atoms with Gasteiger partial charge in [-0.15, -0.1) is 0 Å². The topological polar surface area (TPSA) is 74.4 Å². The Morgan fingerprint density at radius 2 is 2.19 bits per heavy atom. The summed E-state index contributed by atoms with van der Waals surface area (Å²) in [7, 11) is 0. The van der Waals surface area contributed by atoms with Crippen LogP contribution in [0.25, 0.3) is 10.9 Å². The van der Waals surface area contributed by atoms with E-state index in [2.05, 4.69) is 10.3 Å². The first-order valence-corrected chi connectivity index (χ1v) is 6.87.